The van der Waals surface area contributed by atoms with E-state index in [2.05, 4.69) is 0 Å². The second-order valence-corrected chi connectivity index (χ2v) is 4.48. The molecule has 0 saturated carbocycles. The van der Waals surface area contributed by atoms with Crippen LogP contribution in [0.15, 0.2) is 18.2 Å². The van der Waals surface area contributed by atoms with Gasteiger partial charge in [-0.2, -0.15) is 0 Å². The standard InChI is InChI=1S/C12H14ClF2NO2/c1-16(6-9(13)7-18-2)12(17)8-3-4-10(14)11(15)5-8/h3-5,9H,6-7H2,1-2H3. The van der Waals surface area contributed by atoms with Gasteiger partial charge in [0.25, 0.3) is 5.91 Å². The molecule has 0 spiro atoms. The summed E-state index contributed by atoms with van der Waals surface area (Å²) in [5, 5.41) is -0.353. The molecule has 1 aromatic carbocycles. The van der Waals surface area contributed by atoms with Crippen molar-refractivity contribution in [1.29, 1.82) is 0 Å². The van der Waals surface area contributed by atoms with Gasteiger partial charge < -0.3 is 9.64 Å². The molecule has 1 aromatic rings. The Morgan fingerprint density at radius 2 is 2.11 bits per heavy atom. The molecular weight excluding hydrogens is 264 g/mol. The van der Waals surface area contributed by atoms with Crippen molar-refractivity contribution in [3.8, 4) is 0 Å². The highest BCUT2D eigenvalue weighted by atomic mass is 35.5. The van der Waals surface area contributed by atoms with Crippen LogP contribution in [-0.4, -0.2) is 43.5 Å². The van der Waals surface area contributed by atoms with Gasteiger partial charge in [-0.15, -0.1) is 11.6 Å². The van der Waals surface area contributed by atoms with Crippen LogP contribution in [0, 0.1) is 11.6 Å². The van der Waals surface area contributed by atoms with Gasteiger partial charge in [0.2, 0.25) is 0 Å². The zero-order chi connectivity index (χ0) is 13.7. The first-order valence-corrected chi connectivity index (χ1v) is 5.73. The Kier molecular flexibility index (Phi) is 5.50. The smallest absolute Gasteiger partial charge is 0.253 e. The SMILES string of the molecule is COCC(Cl)CN(C)C(=O)c1ccc(F)c(F)c1. The van der Waals surface area contributed by atoms with Crippen molar-refractivity contribution in [3.05, 3.63) is 35.4 Å². The number of halogens is 3. The summed E-state index contributed by atoms with van der Waals surface area (Å²) in [6.07, 6.45) is 0. The normalized spacial score (nSPS) is 12.3. The predicted octanol–water partition coefficient (Wildman–Crippen LogP) is 2.29. The lowest BCUT2D eigenvalue weighted by atomic mass is 10.2. The Hall–Kier alpha value is -1.20. The Morgan fingerprint density at radius 3 is 2.67 bits per heavy atom. The minimum atomic E-state index is -1.05. The number of rotatable bonds is 5. The fourth-order valence-corrected chi connectivity index (χ4v) is 1.80. The molecular formula is C12H14ClF2NO2. The highest BCUT2D eigenvalue weighted by molar-refractivity contribution is 6.21. The number of nitrogens with zero attached hydrogens (tertiary/aromatic N) is 1. The van der Waals surface area contributed by atoms with E-state index in [1.807, 2.05) is 0 Å². The molecule has 0 aromatic heterocycles. The van der Waals surface area contributed by atoms with Gasteiger partial charge in [0.1, 0.15) is 0 Å². The number of hydrogen-bond donors (Lipinski definition) is 0. The third-order valence-corrected chi connectivity index (χ3v) is 2.60. The number of hydrogen-bond acceptors (Lipinski definition) is 2. The average Bonchev–Trinajstić information content (AvgIpc) is 2.32. The zero-order valence-electron chi connectivity index (χ0n) is 10.1. The molecule has 0 N–H and O–H groups in total. The van der Waals surface area contributed by atoms with E-state index < -0.39 is 17.5 Å². The first-order chi connectivity index (χ1) is 8.45. The molecule has 0 radical (unpaired) electrons. The highest BCUT2D eigenvalue weighted by Gasteiger charge is 2.17. The van der Waals surface area contributed by atoms with E-state index >= 15 is 0 Å². The van der Waals surface area contributed by atoms with Gasteiger partial charge in [0.15, 0.2) is 11.6 Å². The minimum absolute atomic E-state index is 0.0812. The predicted molar refractivity (Wildman–Crippen MR) is 64.8 cm³/mol. The Balaban J connectivity index is 2.71. The number of carbonyl (C=O) groups excluding carboxylic acids is 1. The fraction of sp³-hybridized carbons (Fsp3) is 0.417. The van der Waals surface area contributed by atoms with Crippen LogP contribution in [0.4, 0.5) is 8.78 Å². The van der Waals surface area contributed by atoms with Gasteiger partial charge in [0, 0.05) is 26.3 Å². The zero-order valence-corrected chi connectivity index (χ0v) is 10.9. The molecule has 1 atom stereocenters. The van der Waals surface area contributed by atoms with E-state index in [1.54, 1.807) is 0 Å². The molecule has 0 bridgehead atoms. The van der Waals surface area contributed by atoms with Gasteiger partial charge in [-0.25, -0.2) is 8.78 Å². The van der Waals surface area contributed by atoms with E-state index in [0.29, 0.717) is 6.61 Å². The number of ether oxygens (including phenoxy) is 1. The Morgan fingerprint density at radius 1 is 1.44 bits per heavy atom. The van der Waals surface area contributed by atoms with Gasteiger partial charge in [-0.3, -0.25) is 4.79 Å². The Bertz CT molecular complexity index is 429. The van der Waals surface area contributed by atoms with Gasteiger partial charge >= 0.3 is 0 Å². The van der Waals surface area contributed by atoms with Crippen molar-refractivity contribution >= 4 is 17.5 Å². The minimum Gasteiger partial charge on any atom is -0.383 e. The maximum atomic E-state index is 13.0. The summed E-state index contributed by atoms with van der Waals surface area (Å²) in [5.41, 5.74) is 0.0812. The molecule has 0 aliphatic heterocycles. The quantitative estimate of drug-likeness (QED) is 0.773. The summed E-state index contributed by atoms with van der Waals surface area (Å²) in [6.45, 7) is 0.560. The van der Waals surface area contributed by atoms with Crippen LogP contribution in [0.25, 0.3) is 0 Å². The second kappa shape index (κ2) is 6.66. The third-order valence-electron chi connectivity index (χ3n) is 2.33. The molecule has 1 unspecified atom stereocenters. The van der Waals surface area contributed by atoms with Gasteiger partial charge in [-0.1, -0.05) is 0 Å². The lowest BCUT2D eigenvalue weighted by Crippen LogP contribution is -2.34. The van der Waals surface area contributed by atoms with Crippen LogP contribution in [-0.2, 0) is 4.74 Å². The number of amides is 1. The number of benzene rings is 1. The van der Waals surface area contributed by atoms with Crippen molar-refractivity contribution in [2.24, 2.45) is 0 Å². The lowest BCUT2D eigenvalue weighted by molar-refractivity contribution is 0.0781. The summed E-state index contributed by atoms with van der Waals surface area (Å²) in [5.74, 6) is -2.45. The van der Waals surface area contributed by atoms with Gasteiger partial charge in [-0.05, 0) is 18.2 Å². The average molecular weight is 278 g/mol. The van der Waals surface area contributed by atoms with Crippen molar-refractivity contribution in [2.75, 3.05) is 27.3 Å². The summed E-state index contributed by atoms with van der Waals surface area (Å²) >= 11 is 5.91. The monoisotopic (exact) mass is 277 g/mol. The molecule has 0 aliphatic carbocycles. The molecule has 0 fully saturated rings. The lowest BCUT2D eigenvalue weighted by Gasteiger charge is -2.20. The van der Waals surface area contributed by atoms with Crippen LogP contribution >= 0.6 is 11.6 Å². The highest BCUT2D eigenvalue weighted by Crippen LogP contribution is 2.11. The topological polar surface area (TPSA) is 29.5 Å². The van der Waals surface area contributed by atoms with E-state index in [9.17, 15) is 13.6 Å². The maximum Gasteiger partial charge on any atom is 0.253 e. The summed E-state index contributed by atoms with van der Waals surface area (Å²) in [7, 11) is 3.04. The van der Waals surface area contributed by atoms with Crippen LogP contribution in [0.2, 0.25) is 0 Å². The molecule has 1 amide bonds. The second-order valence-electron chi connectivity index (χ2n) is 3.87. The fourth-order valence-electron chi connectivity index (χ4n) is 1.46. The van der Waals surface area contributed by atoms with Gasteiger partial charge in [0.05, 0.1) is 12.0 Å². The van der Waals surface area contributed by atoms with E-state index in [0.717, 1.165) is 12.1 Å². The number of alkyl halides is 1. The first kappa shape index (κ1) is 14.9. The van der Waals surface area contributed by atoms with Crippen LogP contribution < -0.4 is 0 Å². The summed E-state index contributed by atoms with van der Waals surface area (Å²) in [4.78, 5) is 13.2. The largest absolute Gasteiger partial charge is 0.383 e. The molecule has 6 heteroatoms. The van der Waals surface area contributed by atoms with Crippen LogP contribution in [0.1, 0.15) is 10.4 Å². The van der Waals surface area contributed by atoms with E-state index in [4.69, 9.17) is 16.3 Å². The maximum absolute atomic E-state index is 13.0. The van der Waals surface area contributed by atoms with Crippen LogP contribution in [0.5, 0.6) is 0 Å². The third kappa shape index (κ3) is 3.92. The molecule has 0 heterocycles. The van der Waals surface area contributed by atoms with Crippen molar-refractivity contribution in [3.63, 3.8) is 0 Å². The summed E-state index contributed by atoms with van der Waals surface area (Å²) in [6, 6.07) is 3.02. The number of methoxy groups -OCH3 is 1. The Labute approximate surface area is 109 Å². The molecule has 1 rings (SSSR count). The number of carbonyl (C=O) groups is 1. The molecule has 3 nitrogen and oxygen atoms in total. The first-order valence-electron chi connectivity index (χ1n) is 5.29. The molecule has 0 saturated heterocycles. The van der Waals surface area contributed by atoms with Crippen molar-refractivity contribution in [1.82, 2.24) is 4.90 Å². The molecule has 0 aliphatic rings. The van der Waals surface area contributed by atoms with E-state index in [1.165, 1.54) is 25.1 Å². The van der Waals surface area contributed by atoms with Crippen molar-refractivity contribution < 1.29 is 18.3 Å². The van der Waals surface area contributed by atoms with E-state index in [-0.39, 0.29) is 17.5 Å². The van der Waals surface area contributed by atoms with Crippen molar-refractivity contribution in [2.45, 2.75) is 5.38 Å². The summed E-state index contributed by atoms with van der Waals surface area (Å²) < 4.78 is 30.6. The molecule has 100 valence electrons. The van der Waals surface area contributed by atoms with Crippen LogP contribution in [0.3, 0.4) is 0 Å². The molecule has 18 heavy (non-hydrogen) atoms.